The Morgan fingerprint density at radius 1 is 1.25 bits per heavy atom. The summed E-state index contributed by atoms with van der Waals surface area (Å²) >= 11 is 0. The first-order valence-electron chi connectivity index (χ1n) is 7.20. The molecule has 4 heteroatoms. The van der Waals surface area contributed by atoms with Crippen molar-refractivity contribution < 1.29 is 9.59 Å². The number of aryl methyl sites for hydroxylation is 1. The lowest BCUT2D eigenvalue weighted by molar-refractivity contribution is -0.135. The highest BCUT2D eigenvalue weighted by atomic mass is 16.2. The number of benzene rings is 1. The van der Waals surface area contributed by atoms with Crippen LogP contribution >= 0.6 is 0 Å². The second kappa shape index (κ2) is 4.93. The first-order valence-corrected chi connectivity index (χ1v) is 7.20. The molecule has 1 aliphatic carbocycles. The van der Waals surface area contributed by atoms with Crippen LogP contribution in [-0.4, -0.2) is 36.3 Å². The van der Waals surface area contributed by atoms with Gasteiger partial charge in [0.05, 0.1) is 5.92 Å². The number of nitrogens with zero attached hydrogens (tertiary/aromatic N) is 2. The molecule has 2 amide bonds. The lowest BCUT2D eigenvalue weighted by Gasteiger charge is -2.21. The van der Waals surface area contributed by atoms with Crippen molar-refractivity contribution in [3.63, 3.8) is 0 Å². The number of hydrogen-bond donors (Lipinski definition) is 0. The molecule has 2 aliphatic rings. The summed E-state index contributed by atoms with van der Waals surface area (Å²) in [7, 11) is 1.86. The van der Waals surface area contributed by atoms with Crippen molar-refractivity contribution >= 4 is 17.5 Å². The van der Waals surface area contributed by atoms with Crippen molar-refractivity contribution in [2.24, 2.45) is 5.92 Å². The van der Waals surface area contributed by atoms with Crippen LogP contribution in [0.4, 0.5) is 5.69 Å². The normalized spacial score (nSPS) is 22.2. The largest absolute Gasteiger partial charge is 0.342 e. The molecule has 1 heterocycles. The minimum atomic E-state index is -0.186. The quantitative estimate of drug-likeness (QED) is 0.844. The Morgan fingerprint density at radius 3 is 2.50 bits per heavy atom. The first kappa shape index (κ1) is 13.2. The smallest absolute Gasteiger partial charge is 0.228 e. The van der Waals surface area contributed by atoms with Gasteiger partial charge in [0, 0.05) is 31.7 Å². The van der Waals surface area contributed by atoms with E-state index in [9.17, 15) is 9.59 Å². The molecule has 3 rings (SSSR count). The van der Waals surface area contributed by atoms with Crippen molar-refractivity contribution in [2.75, 3.05) is 18.5 Å². The molecule has 4 nitrogen and oxygen atoms in total. The van der Waals surface area contributed by atoms with Gasteiger partial charge in [0.1, 0.15) is 0 Å². The van der Waals surface area contributed by atoms with Crippen molar-refractivity contribution in [1.82, 2.24) is 4.90 Å². The van der Waals surface area contributed by atoms with E-state index >= 15 is 0 Å². The summed E-state index contributed by atoms with van der Waals surface area (Å²) in [6.07, 6.45) is 2.54. The maximum absolute atomic E-state index is 12.4. The summed E-state index contributed by atoms with van der Waals surface area (Å²) < 4.78 is 0. The van der Waals surface area contributed by atoms with Crippen LogP contribution in [0.3, 0.4) is 0 Å². The van der Waals surface area contributed by atoms with Crippen molar-refractivity contribution in [3.05, 3.63) is 29.8 Å². The molecular formula is C16H20N2O2. The van der Waals surface area contributed by atoms with Crippen LogP contribution in [0, 0.1) is 12.8 Å². The minimum Gasteiger partial charge on any atom is -0.342 e. The predicted molar refractivity (Wildman–Crippen MR) is 77.4 cm³/mol. The van der Waals surface area contributed by atoms with E-state index in [2.05, 4.69) is 0 Å². The van der Waals surface area contributed by atoms with Crippen molar-refractivity contribution in [1.29, 1.82) is 0 Å². The van der Waals surface area contributed by atoms with E-state index in [0.717, 1.165) is 18.5 Å². The standard InChI is InChI=1S/C16H20N2O2/c1-11-3-5-14(6-4-11)18-10-12(9-15(18)19)16(20)17(2)13-7-8-13/h3-6,12-13H,7-10H2,1-2H3. The highest BCUT2D eigenvalue weighted by Gasteiger charge is 2.39. The van der Waals surface area contributed by atoms with Crippen LogP contribution < -0.4 is 4.90 Å². The summed E-state index contributed by atoms with van der Waals surface area (Å²) in [4.78, 5) is 28.1. The van der Waals surface area contributed by atoms with E-state index in [-0.39, 0.29) is 17.7 Å². The molecule has 0 N–H and O–H groups in total. The SMILES string of the molecule is Cc1ccc(N2CC(C(=O)N(C)C3CC3)CC2=O)cc1. The zero-order chi connectivity index (χ0) is 14.3. The molecular weight excluding hydrogens is 252 g/mol. The number of carbonyl (C=O) groups is 2. The number of rotatable bonds is 3. The van der Waals surface area contributed by atoms with Gasteiger partial charge in [-0.2, -0.15) is 0 Å². The van der Waals surface area contributed by atoms with Crippen LogP contribution in [0.15, 0.2) is 24.3 Å². The molecule has 0 radical (unpaired) electrons. The number of hydrogen-bond acceptors (Lipinski definition) is 2. The number of anilines is 1. The van der Waals surface area contributed by atoms with Crippen LogP contribution in [0.1, 0.15) is 24.8 Å². The third-order valence-electron chi connectivity index (χ3n) is 4.26. The van der Waals surface area contributed by atoms with Gasteiger partial charge in [-0.05, 0) is 31.9 Å². The topological polar surface area (TPSA) is 40.6 Å². The molecule has 106 valence electrons. The Hall–Kier alpha value is -1.84. The Labute approximate surface area is 119 Å². The molecule has 1 atom stereocenters. The zero-order valence-electron chi connectivity index (χ0n) is 12.0. The van der Waals surface area contributed by atoms with Gasteiger partial charge in [0.2, 0.25) is 11.8 Å². The molecule has 1 aromatic rings. The molecule has 1 saturated carbocycles. The molecule has 1 unspecified atom stereocenters. The van der Waals surface area contributed by atoms with E-state index in [0.29, 0.717) is 19.0 Å². The predicted octanol–water partition coefficient (Wildman–Crippen LogP) is 1.97. The fourth-order valence-electron chi connectivity index (χ4n) is 2.78. The van der Waals surface area contributed by atoms with Gasteiger partial charge >= 0.3 is 0 Å². The third kappa shape index (κ3) is 2.42. The van der Waals surface area contributed by atoms with Gasteiger partial charge in [0.15, 0.2) is 0 Å². The summed E-state index contributed by atoms with van der Waals surface area (Å²) in [6, 6.07) is 8.29. The molecule has 0 bridgehead atoms. The van der Waals surface area contributed by atoms with Crippen molar-refractivity contribution in [3.8, 4) is 0 Å². The molecule has 2 fully saturated rings. The van der Waals surface area contributed by atoms with E-state index < -0.39 is 0 Å². The van der Waals surface area contributed by atoms with E-state index in [4.69, 9.17) is 0 Å². The van der Waals surface area contributed by atoms with Gasteiger partial charge in [-0.1, -0.05) is 17.7 Å². The summed E-state index contributed by atoms with van der Waals surface area (Å²) in [5, 5.41) is 0. The molecule has 0 spiro atoms. The molecule has 1 aromatic carbocycles. The lowest BCUT2D eigenvalue weighted by atomic mass is 10.1. The molecule has 0 aromatic heterocycles. The maximum Gasteiger partial charge on any atom is 0.228 e. The van der Waals surface area contributed by atoms with Crippen LogP contribution in [-0.2, 0) is 9.59 Å². The summed E-state index contributed by atoms with van der Waals surface area (Å²) in [5.41, 5.74) is 2.06. The maximum atomic E-state index is 12.4. The zero-order valence-corrected chi connectivity index (χ0v) is 12.0. The lowest BCUT2D eigenvalue weighted by Crippen LogP contribution is -2.36. The average Bonchev–Trinajstić information content (AvgIpc) is 3.21. The van der Waals surface area contributed by atoms with E-state index in [1.807, 2.05) is 43.1 Å². The monoisotopic (exact) mass is 272 g/mol. The molecule has 1 saturated heterocycles. The van der Waals surface area contributed by atoms with Gasteiger partial charge in [-0.15, -0.1) is 0 Å². The second-order valence-electron chi connectivity index (χ2n) is 5.92. The minimum absolute atomic E-state index is 0.0522. The van der Waals surface area contributed by atoms with Crippen LogP contribution in [0.25, 0.3) is 0 Å². The highest BCUT2D eigenvalue weighted by Crippen LogP contribution is 2.30. The van der Waals surface area contributed by atoms with Gasteiger partial charge in [-0.25, -0.2) is 0 Å². The Bertz CT molecular complexity index is 534. The van der Waals surface area contributed by atoms with Crippen molar-refractivity contribution in [2.45, 2.75) is 32.2 Å². The number of carbonyl (C=O) groups excluding carboxylic acids is 2. The highest BCUT2D eigenvalue weighted by molar-refractivity contribution is 6.00. The van der Waals surface area contributed by atoms with Gasteiger partial charge in [-0.3, -0.25) is 9.59 Å². The van der Waals surface area contributed by atoms with E-state index in [1.54, 1.807) is 4.90 Å². The molecule has 1 aliphatic heterocycles. The second-order valence-corrected chi connectivity index (χ2v) is 5.92. The van der Waals surface area contributed by atoms with E-state index in [1.165, 1.54) is 5.56 Å². The third-order valence-corrected chi connectivity index (χ3v) is 4.26. The fraction of sp³-hybridized carbons (Fsp3) is 0.500. The average molecular weight is 272 g/mol. The summed E-state index contributed by atoms with van der Waals surface area (Å²) in [5.74, 6) is -0.0127. The number of amides is 2. The van der Waals surface area contributed by atoms with Gasteiger partial charge in [0.25, 0.3) is 0 Å². The van der Waals surface area contributed by atoms with Crippen LogP contribution in [0.2, 0.25) is 0 Å². The fourth-order valence-corrected chi connectivity index (χ4v) is 2.78. The Balaban J connectivity index is 1.71. The Kier molecular flexibility index (Phi) is 3.24. The van der Waals surface area contributed by atoms with Crippen LogP contribution in [0.5, 0.6) is 0 Å². The Morgan fingerprint density at radius 2 is 1.90 bits per heavy atom. The molecule has 20 heavy (non-hydrogen) atoms. The summed E-state index contributed by atoms with van der Waals surface area (Å²) in [6.45, 7) is 2.53. The van der Waals surface area contributed by atoms with Gasteiger partial charge < -0.3 is 9.80 Å². The first-order chi connectivity index (χ1) is 9.56.